The summed E-state index contributed by atoms with van der Waals surface area (Å²) >= 11 is 6.37. The van der Waals surface area contributed by atoms with E-state index in [1.165, 1.54) is 12.8 Å². The molecule has 2 rings (SSSR count). The number of halogens is 1. The molecule has 0 aliphatic carbocycles. The molecule has 1 fully saturated rings. The summed E-state index contributed by atoms with van der Waals surface area (Å²) in [5, 5.41) is 5.01. The zero-order valence-corrected chi connectivity index (χ0v) is 14.1. The van der Waals surface area contributed by atoms with Crippen molar-refractivity contribution >= 4 is 11.6 Å². The molecule has 0 bridgehead atoms. The summed E-state index contributed by atoms with van der Waals surface area (Å²) in [6.45, 7) is 7.94. The Hall–Kier alpha value is -0.620. The summed E-state index contributed by atoms with van der Waals surface area (Å²) in [6, 6.07) is -0.160. The van der Waals surface area contributed by atoms with Gasteiger partial charge in [0.15, 0.2) is 0 Å². The zero-order chi connectivity index (χ0) is 15.5. The van der Waals surface area contributed by atoms with Gasteiger partial charge in [-0.05, 0) is 39.3 Å². The second-order valence-electron chi connectivity index (χ2n) is 5.98. The second-order valence-corrected chi connectivity index (χ2v) is 6.38. The van der Waals surface area contributed by atoms with Crippen LogP contribution in [0.1, 0.15) is 44.8 Å². The zero-order valence-electron chi connectivity index (χ0n) is 13.3. The van der Waals surface area contributed by atoms with Gasteiger partial charge in [-0.2, -0.15) is 5.10 Å². The molecule has 1 saturated heterocycles. The molecule has 6 heteroatoms. The normalized spacial score (nSPS) is 20.6. The average Bonchev–Trinajstić information content (AvgIpc) is 3.13. The van der Waals surface area contributed by atoms with Crippen molar-refractivity contribution in [3.63, 3.8) is 0 Å². The van der Waals surface area contributed by atoms with Crippen molar-refractivity contribution in [1.82, 2.24) is 14.7 Å². The van der Waals surface area contributed by atoms with Crippen LogP contribution in [0.3, 0.4) is 0 Å². The van der Waals surface area contributed by atoms with Gasteiger partial charge in [0.05, 0.1) is 36.1 Å². The molecule has 21 heavy (non-hydrogen) atoms. The SMILES string of the molecule is CCC(C)(C(N)c1c(Cl)cnn1CCOC)N1CCCC1. The molecule has 5 nitrogen and oxygen atoms in total. The minimum atomic E-state index is -0.160. The lowest BCUT2D eigenvalue weighted by atomic mass is 9.86. The van der Waals surface area contributed by atoms with Crippen molar-refractivity contribution in [3.8, 4) is 0 Å². The van der Waals surface area contributed by atoms with Gasteiger partial charge in [0.25, 0.3) is 0 Å². The Morgan fingerprint density at radius 2 is 2.14 bits per heavy atom. The first-order valence-electron chi connectivity index (χ1n) is 7.75. The lowest BCUT2D eigenvalue weighted by molar-refractivity contribution is 0.0953. The largest absolute Gasteiger partial charge is 0.383 e. The third kappa shape index (κ3) is 3.26. The quantitative estimate of drug-likeness (QED) is 0.840. The maximum absolute atomic E-state index is 6.65. The molecule has 2 heterocycles. The van der Waals surface area contributed by atoms with E-state index in [9.17, 15) is 0 Å². The van der Waals surface area contributed by atoms with Crippen molar-refractivity contribution < 1.29 is 4.74 Å². The minimum Gasteiger partial charge on any atom is -0.383 e. The molecular weight excluding hydrogens is 288 g/mol. The van der Waals surface area contributed by atoms with Crippen LogP contribution in [0.15, 0.2) is 6.20 Å². The van der Waals surface area contributed by atoms with E-state index in [2.05, 4.69) is 23.8 Å². The number of nitrogens with zero attached hydrogens (tertiary/aromatic N) is 3. The number of rotatable bonds is 7. The molecular formula is C15H27ClN4O. The highest BCUT2D eigenvalue weighted by Crippen LogP contribution is 2.37. The topological polar surface area (TPSA) is 56.3 Å². The third-order valence-corrected chi connectivity index (χ3v) is 5.14. The van der Waals surface area contributed by atoms with Crippen molar-refractivity contribution in [1.29, 1.82) is 0 Å². The van der Waals surface area contributed by atoms with Crippen molar-refractivity contribution in [3.05, 3.63) is 16.9 Å². The fourth-order valence-corrected chi connectivity index (χ4v) is 3.46. The van der Waals surface area contributed by atoms with Gasteiger partial charge in [0.2, 0.25) is 0 Å². The molecule has 0 spiro atoms. The van der Waals surface area contributed by atoms with E-state index in [0.717, 1.165) is 25.2 Å². The van der Waals surface area contributed by atoms with Gasteiger partial charge < -0.3 is 10.5 Å². The Morgan fingerprint density at radius 1 is 1.48 bits per heavy atom. The predicted molar refractivity (Wildman–Crippen MR) is 85.5 cm³/mol. The number of likely N-dealkylation sites (tertiary alicyclic amines) is 1. The summed E-state index contributed by atoms with van der Waals surface area (Å²) in [6.07, 6.45) is 5.17. The van der Waals surface area contributed by atoms with Crippen LogP contribution in [-0.4, -0.2) is 47.0 Å². The molecule has 0 saturated carbocycles. The van der Waals surface area contributed by atoms with Gasteiger partial charge in [-0.3, -0.25) is 9.58 Å². The lowest BCUT2D eigenvalue weighted by Gasteiger charge is -2.43. The van der Waals surface area contributed by atoms with Crippen LogP contribution in [0.5, 0.6) is 0 Å². The van der Waals surface area contributed by atoms with Gasteiger partial charge in [0.1, 0.15) is 0 Å². The van der Waals surface area contributed by atoms with Crippen LogP contribution in [0.25, 0.3) is 0 Å². The highest BCUT2D eigenvalue weighted by molar-refractivity contribution is 6.31. The summed E-state index contributed by atoms with van der Waals surface area (Å²) in [7, 11) is 1.69. The van der Waals surface area contributed by atoms with Crippen LogP contribution in [-0.2, 0) is 11.3 Å². The number of nitrogens with two attached hydrogens (primary N) is 1. The summed E-state index contributed by atoms with van der Waals surface area (Å²) in [4.78, 5) is 2.50. The van der Waals surface area contributed by atoms with E-state index < -0.39 is 0 Å². The first kappa shape index (κ1) is 16.7. The van der Waals surface area contributed by atoms with Crippen LogP contribution < -0.4 is 5.73 Å². The third-order valence-electron chi connectivity index (χ3n) is 4.85. The van der Waals surface area contributed by atoms with Crippen molar-refractivity contribution in [2.75, 3.05) is 26.8 Å². The minimum absolute atomic E-state index is 0.0923. The maximum Gasteiger partial charge on any atom is 0.0834 e. The van der Waals surface area contributed by atoms with Crippen molar-refractivity contribution in [2.24, 2.45) is 5.73 Å². The Morgan fingerprint density at radius 3 is 2.71 bits per heavy atom. The molecule has 1 aliphatic rings. The summed E-state index contributed by atoms with van der Waals surface area (Å²) in [5.74, 6) is 0. The predicted octanol–water partition coefficient (Wildman–Crippen LogP) is 2.45. The van der Waals surface area contributed by atoms with Gasteiger partial charge >= 0.3 is 0 Å². The number of aromatic nitrogens is 2. The number of methoxy groups -OCH3 is 1. The summed E-state index contributed by atoms with van der Waals surface area (Å²) < 4.78 is 7.04. The first-order valence-corrected chi connectivity index (χ1v) is 8.13. The van der Waals surface area contributed by atoms with E-state index in [-0.39, 0.29) is 11.6 Å². The first-order chi connectivity index (χ1) is 10.0. The maximum atomic E-state index is 6.65. The molecule has 1 aromatic heterocycles. The highest BCUT2D eigenvalue weighted by Gasteiger charge is 2.40. The lowest BCUT2D eigenvalue weighted by Crippen LogP contribution is -2.52. The van der Waals surface area contributed by atoms with Gasteiger partial charge in [-0.25, -0.2) is 0 Å². The van der Waals surface area contributed by atoms with E-state index in [0.29, 0.717) is 18.2 Å². The van der Waals surface area contributed by atoms with Crippen LogP contribution in [0.4, 0.5) is 0 Å². The van der Waals surface area contributed by atoms with E-state index in [1.807, 2.05) is 4.68 Å². The standard InChI is InChI=1S/C15H27ClN4O/c1-4-15(2,19-7-5-6-8-19)14(17)13-12(16)11-18-20(13)9-10-21-3/h11,14H,4-10,17H2,1-3H3. The Balaban J connectivity index is 2.28. The Bertz CT molecular complexity index is 459. The molecule has 1 aromatic rings. The molecule has 2 unspecified atom stereocenters. The second kappa shape index (κ2) is 7.09. The molecule has 0 radical (unpaired) electrons. The molecule has 0 aromatic carbocycles. The fourth-order valence-electron chi connectivity index (χ4n) is 3.20. The molecule has 1 aliphatic heterocycles. The Labute approximate surface area is 132 Å². The number of hydrogen-bond donors (Lipinski definition) is 1. The van der Waals surface area contributed by atoms with Gasteiger partial charge in [-0.1, -0.05) is 18.5 Å². The number of ether oxygens (including phenoxy) is 1. The molecule has 120 valence electrons. The van der Waals surface area contributed by atoms with Gasteiger partial charge in [0, 0.05) is 12.6 Å². The average molecular weight is 315 g/mol. The molecule has 2 atom stereocenters. The van der Waals surface area contributed by atoms with Crippen molar-refractivity contribution in [2.45, 2.75) is 51.2 Å². The van der Waals surface area contributed by atoms with E-state index in [1.54, 1.807) is 13.3 Å². The fraction of sp³-hybridized carbons (Fsp3) is 0.800. The monoisotopic (exact) mass is 314 g/mol. The summed E-state index contributed by atoms with van der Waals surface area (Å²) in [5.41, 5.74) is 7.48. The number of hydrogen-bond acceptors (Lipinski definition) is 4. The van der Waals surface area contributed by atoms with Crippen LogP contribution in [0.2, 0.25) is 5.02 Å². The van der Waals surface area contributed by atoms with Crippen LogP contribution >= 0.6 is 11.6 Å². The smallest absolute Gasteiger partial charge is 0.0834 e. The van der Waals surface area contributed by atoms with Crippen LogP contribution in [0, 0.1) is 0 Å². The van der Waals surface area contributed by atoms with Gasteiger partial charge in [-0.15, -0.1) is 0 Å². The van der Waals surface area contributed by atoms with E-state index >= 15 is 0 Å². The Kier molecular flexibility index (Phi) is 5.66. The highest BCUT2D eigenvalue weighted by atomic mass is 35.5. The molecule has 0 amide bonds. The van der Waals surface area contributed by atoms with E-state index in [4.69, 9.17) is 22.1 Å². The molecule has 2 N–H and O–H groups in total.